The summed E-state index contributed by atoms with van der Waals surface area (Å²) in [5.74, 6) is 0. The fourth-order valence-corrected chi connectivity index (χ4v) is 13.4. The van der Waals surface area contributed by atoms with Gasteiger partial charge < -0.3 is 53.1 Å². The van der Waals surface area contributed by atoms with Crippen LogP contribution in [0.5, 0.6) is 0 Å². The van der Waals surface area contributed by atoms with E-state index in [0.717, 1.165) is 116 Å². The molecule has 0 N–H and O–H groups in total. The number of hydrogen-bond acceptors (Lipinski definition) is 12. The van der Waals surface area contributed by atoms with Crippen molar-refractivity contribution in [1.82, 2.24) is 0 Å². The van der Waals surface area contributed by atoms with E-state index in [4.69, 9.17) is 53.1 Å². The minimum absolute atomic E-state index is 0.115. The van der Waals surface area contributed by atoms with E-state index in [1.54, 1.807) is 0 Å². The van der Waals surface area contributed by atoms with Gasteiger partial charge in [-0.15, -0.1) is 0 Å². The van der Waals surface area contributed by atoms with Crippen molar-refractivity contribution in [2.24, 2.45) is 0 Å². The smallest absolute Gasteiger partial charge is 0.351 e. The first-order chi connectivity index (χ1) is 25.7. The molecule has 0 aromatic heterocycles. The van der Waals surface area contributed by atoms with Crippen molar-refractivity contribution < 1.29 is 53.1 Å². The molecule has 0 fully saturated rings. The maximum absolute atomic E-state index is 7.09. The van der Waals surface area contributed by atoms with E-state index in [2.05, 4.69) is 62.3 Å². The highest BCUT2D eigenvalue weighted by Gasteiger charge is 2.63. The second kappa shape index (κ2) is 34.4. The highest BCUT2D eigenvalue weighted by atomic mass is 28.4. The Labute approximate surface area is 332 Å². The lowest BCUT2D eigenvalue weighted by Crippen LogP contribution is -2.67. The zero-order valence-electron chi connectivity index (χ0n) is 36.0. The minimum atomic E-state index is -3.98. The summed E-state index contributed by atoms with van der Waals surface area (Å²) in [6, 6.07) is 0. The van der Waals surface area contributed by atoms with Crippen molar-refractivity contribution in [2.45, 2.75) is 183 Å². The van der Waals surface area contributed by atoms with Gasteiger partial charge in [-0.2, -0.15) is 0 Å². The number of unbranched alkanes of at least 4 members (excludes halogenated alkanes) is 9. The first-order valence-electron chi connectivity index (χ1n) is 21.5. The van der Waals surface area contributed by atoms with E-state index in [1.807, 2.05) is 0 Å². The fraction of sp³-hybridized carbons (Fsp3) is 1.00. The summed E-state index contributed by atoms with van der Waals surface area (Å²) in [5.41, 5.74) is -1.87. The highest BCUT2D eigenvalue weighted by Crippen LogP contribution is 2.33. The van der Waals surface area contributed by atoms with E-state index in [1.165, 1.54) is 0 Å². The Morgan fingerprint density at radius 2 is 0.415 bits per heavy atom. The average molecular weight is 833 g/mol. The molecular weight excluding hydrogens is 749 g/mol. The van der Waals surface area contributed by atoms with Crippen molar-refractivity contribution >= 4 is 37.4 Å². The summed E-state index contributed by atoms with van der Waals surface area (Å²) in [6.45, 7) is 22.6. The molecule has 0 aliphatic rings. The second-order valence-corrected chi connectivity index (χ2v) is 20.9. The van der Waals surface area contributed by atoms with Crippen LogP contribution in [-0.2, 0) is 53.1 Å². The van der Waals surface area contributed by atoms with Gasteiger partial charge in [-0.3, -0.25) is 0 Å². The summed E-state index contributed by atoms with van der Waals surface area (Å²) in [4.78, 5) is 0. The third-order valence-corrected chi connectivity index (χ3v) is 16.6. The average Bonchev–Trinajstić information content (AvgIpc) is 3.12. The maximum atomic E-state index is 7.09. The molecule has 0 aromatic carbocycles. The highest BCUT2D eigenvalue weighted by molar-refractivity contribution is 6.57. The maximum Gasteiger partial charge on any atom is 0.683 e. The first-order valence-corrected chi connectivity index (χ1v) is 27.4. The molecule has 0 saturated heterocycles. The Bertz CT molecular complexity index is 628. The lowest BCUT2D eigenvalue weighted by Gasteiger charge is -2.44. The van der Waals surface area contributed by atoms with Gasteiger partial charge in [-0.05, 0) is 57.8 Å². The summed E-state index contributed by atoms with van der Waals surface area (Å²) in [6.07, 6.45) is 15.7. The Balaban J connectivity index is 7.65. The molecule has 0 saturated carbocycles. The molecule has 0 rings (SSSR count). The Kier molecular flexibility index (Phi) is 34.7. The molecule has 0 unspecified atom stereocenters. The minimum Gasteiger partial charge on any atom is -0.351 e. The molecule has 0 bridgehead atoms. The molecule has 0 spiro atoms. The third kappa shape index (κ3) is 25.4. The molecule has 0 atom stereocenters. The Morgan fingerprint density at radius 3 is 0.528 bits per heavy atom. The predicted molar refractivity (Wildman–Crippen MR) is 221 cm³/mol. The monoisotopic (exact) mass is 833 g/mol. The van der Waals surface area contributed by atoms with Gasteiger partial charge in [0.15, 0.2) is 0 Å². The molecular formula is C37H84O12Si4. The largest absolute Gasteiger partial charge is 0.683 e. The molecule has 12 nitrogen and oxygen atoms in total. The molecule has 0 amide bonds. The quantitative estimate of drug-likeness (QED) is 0.0334. The normalized spacial score (nSPS) is 13.1. The lowest BCUT2D eigenvalue weighted by molar-refractivity contribution is -0.290. The van der Waals surface area contributed by atoms with Gasteiger partial charge in [0.05, 0.1) is 0 Å². The third-order valence-electron chi connectivity index (χ3n) is 7.92. The lowest BCUT2D eigenvalue weighted by atomic mass is 10.4. The predicted octanol–water partition coefficient (Wildman–Crippen LogP) is 8.67. The summed E-state index contributed by atoms with van der Waals surface area (Å²) < 4.78 is 80.7. The van der Waals surface area contributed by atoms with Gasteiger partial charge in [0.25, 0.3) is 0 Å². The van der Waals surface area contributed by atoms with Gasteiger partial charge in [0.2, 0.25) is 5.60 Å². The van der Waals surface area contributed by atoms with E-state index < -0.39 is 32.7 Å². The van der Waals surface area contributed by atoms with Crippen molar-refractivity contribution in [3.63, 3.8) is 0 Å². The molecule has 0 radical (unpaired) electrons. The number of rotatable bonds is 42. The zero-order chi connectivity index (χ0) is 39.6. The van der Waals surface area contributed by atoms with Gasteiger partial charge in [0, 0.05) is 59.5 Å². The van der Waals surface area contributed by atoms with Gasteiger partial charge in [-0.1, -0.05) is 120 Å². The van der Waals surface area contributed by atoms with Crippen LogP contribution in [0.25, 0.3) is 0 Å². The second-order valence-electron chi connectivity index (χ2n) is 13.5. The van der Waals surface area contributed by atoms with Gasteiger partial charge >= 0.3 is 27.1 Å². The van der Waals surface area contributed by atoms with Crippen molar-refractivity contribution in [1.29, 1.82) is 0 Å². The van der Waals surface area contributed by atoms with E-state index in [9.17, 15) is 0 Å². The van der Waals surface area contributed by atoms with Crippen LogP contribution in [0.15, 0.2) is 0 Å². The van der Waals surface area contributed by atoms with E-state index in [-0.39, 0.29) is 10.2 Å². The van der Waals surface area contributed by atoms with Crippen LogP contribution < -0.4 is 0 Å². The summed E-state index contributed by atoms with van der Waals surface area (Å²) in [7, 11) is -11.8. The molecule has 0 heterocycles. The molecule has 0 aromatic rings. The summed E-state index contributed by atoms with van der Waals surface area (Å²) in [5, 5.41) is 0. The van der Waals surface area contributed by atoms with Crippen LogP contribution in [0.1, 0.15) is 178 Å². The SMILES string of the molecule is CCCCO[Si](OCCCC)(OCCCC)OC([SiH3])(O[Si](OCCCC)(OCCCC)OCCCC)O[Si](OCCCC)(OCCCC)OCCCC. The Morgan fingerprint density at radius 1 is 0.283 bits per heavy atom. The standard InChI is InChI=1S/C37H84O12Si4/c1-10-19-28-38-51(39-29-20-11-2,40-30-21-12-3)47-37(50,48-52(41-31-22-13-4,42-32-23-14-5)43-33-24-15-6)49-53(44-34-25-16-7,45-35-26-17-8)46-36-27-18-9/h10-36H2,1-9,50H3. The van der Waals surface area contributed by atoms with E-state index in [0.29, 0.717) is 59.5 Å². The number of hydrogen-bond donors (Lipinski definition) is 0. The van der Waals surface area contributed by atoms with E-state index >= 15 is 0 Å². The van der Waals surface area contributed by atoms with Crippen molar-refractivity contribution in [3.05, 3.63) is 0 Å². The first kappa shape index (κ1) is 53.4. The zero-order valence-corrected chi connectivity index (χ0v) is 41.0. The van der Waals surface area contributed by atoms with Gasteiger partial charge in [-0.25, -0.2) is 0 Å². The van der Waals surface area contributed by atoms with Crippen LogP contribution >= 0.6 is 0 Å². The molecule has 53 heavy (non-hydrogen) atoms. The van der Waals surface area contributed by atoms with Crippen LogP contribution in [0, 0.1) is 0 Å². The van der Waals surface area contributed by atoms with Crippen molar-refractivity contribution in [2.75, 3.05) is 59.5 Å². The summed E-state index contributed by atoms with van der Waals surface area (Å²) >= 11 is 0. The molecule has 320 valence electrons. The topological polar surface area (TPSA) is 111 Å². The van der Waals surface area contributed by atoms with Crippen LogP contribution in [0.3, 0.4) is 0 Å². The van der Waals surface area contributed by atoms with Crippen LogP contribution in [0.4, 0.5) is 0 Å². The Hall–Kier alpha value is 0.388. The molecule has 0 aliphatic carbocycles. The van der Waals surface area contributed by atoms with Crippen LogP contribution in [-0.4, -0.2) is 102 Å². The van der Waals surface area contributed by atoms with Crippen molar-refractivity contribution in [3.8, 4) is 0 Å². The molecule has 0 aliphatic heterocycles. The molecule has 16 heteroatoms. The van der Waals surface area contributed by atoms with Crippen LogP contribution in [0.2, 0.25) is 0 Å². The van der Waals surface area contributed by atoms with Gasteiger partial charge in [0.1, 0.15) is 10.2 Å². The fourth-order valence-electron chi connectivity index (χ4n) is 4.46.